The Kier molecular flexibility index (Phi) is 6.13. The van der Waals surface area contributed by atoms with Gasteiger partial charge in [0.1, 0.15) is 0 Å². The Balaban J connectivity index is 1.71. The van der Waals surface area contributed by atoms with Crippen molar-refractivity contribution in [3.05, 3.63) is 106 Å². The fraction of sp³-hybridized carbons (Fsp3) is 0.0833. The van der Waals surface area contributed by atoms with Gasteiger partial charge in [-0.25, -0.2) is 9.36 Å². The molecule has 34 heavy (non-hydrogen) atoms. The van der Waals surface area contributed by atoms with Crippen molar-refractivity contribution < 1.29 is 13.2 Å². The molecule has 0 aliphatic heterocycles. The molecule has 0 saturated heterocycles. The number of aryl methyl sites for hydroxylation is 1. The Bertz CT molecular complexity index is 1420. The Morgan fingerprint density at radius 1 is 1.06 bits per heavy atom. The molecule has 0 spiro atoms. The lowest BCUT2D eigenvalue weighted by Gasteiger charge is -2.15. The Morgan fingerprint density at radius 3 is 2.56 bits per heavy atom. The van der Waals surface area contributed by atoms with Gasteiger partial charge in [-0.3, -0.25) is 4.79 Å². The van der Waals surface area contributed by atoms with Crippen molar-refractivity contribution in [3.63, 3.8) is 0 Å². The van der Waals surface area contributed by atoms with Gasteiger partial charge in [-0.15, -0.1) is 0 Å². The van der Waals surface area contributed by atoms with Crippen LogP contribution in [0.25, 0.3) is 17.1 Å². The Hall–Kier alpha value is -4.47. The molecule has 7 nitrogen and oxygen atoms in total. The number of halogens is 3. The lowest BCUT2D eigenvalue weighted by molar-refractivity contribution is -0.137. The maximum absolute atomic E-state index is 13.1. The van der Waals surface area contributed by atoms with Gasteiger partial charge >= 0.3 is 6.18 Å². The zero-order valence-corrected chi connectivity index (χ0v) is 17.9. The zero-order chi connectivity index (χ0) is 24.3. The number of hydrogen-bond donors (Lipinski definition) is 2. The topological polar surface area (TPSA) is 88.6 Å². The summed E-state index contributed by atoms with van der Waals surface area (Å²) in [5.74, 6) is 0. The predicted octanol–water partition coefficient (Wildman–Crippen LogP) is 4.85. The maximum atomic E-state index is 13.1. The number of anilines is 1. The molecule has 4 aromatic rings. The van der Waals surface area contributed by atoms with Crippen molar-refractivity contribution in [2.24, 2.45) is 0 Å². The third-order valence-corrected chi connectivity index (χ3v) is 4.98. The van der Waals surface area contributed by atoms with Crippen LogP contribution >= 0.6 is 0 Å². The number of alkyl halides is 3. The minimum Gasteiger partial charge on any atom is -0.354 e. The summed E-state index contributed by atoms with van der Waals surface area (Å²) in [6, 6.07) is 13.3. The van der Waals surface area contributed by atoms with Crippen molar-refractivity contribution in [2.75, 3.05) is 5.32 Å². The molecule has 2 aromatic carbocycles. The van der Waals surface area contributed by atoms with Crippen molar-refractivity contribution in [1.29, 1.82) is 5.41 Å². The Morgan fingerprint density at radius 2 is 1.88 bits per heavy atom. The average molecular weight is 464 g/mol. The summed E-state index contributed by atoms with van der Waals surface area (Å²) in [7, 11) is 0. The summed E-state index contributed by atoms with van der Waals surface area (Å²) in [5, 5.41) is 18.8. The summed E-state index contributed by atoms with van der Waals surface area (Å²) in [6.45, 7) is 1.89. The quantitative estimate of drug-likeness (QED) is 0.400. The number of nitrogens with one attached hydrogen (secondary N) is 2. The maximum Gasteiger partial charge on any atom is 0.416 e. The highest BCUT2D eigenvalue weighted by Crippen LogP contribution is 2.31. The second kappa shape index (κ2) is 9.18. The standard InChI is InChI=1S/C24H19F3N6O/c1-16-14-19(32-12-3-11-29-32)6-7-21(16)33-13-9-22(34)23(31-33)20(8-10-28)30-18-5-2-4-17(15-18)24(25,26)27/h2-15,28,30H,1H3/b20-8-,28-10?. The smallest absolute Gasteiger partial charge is 0.354 e. The van der Waals surface area contributed by atoms with E-state index in [1.54, 1.807) is 10.9 Å². The summed E-state index contributed by atoms with van der Waals surface area (Å²) in [4.78, 5) is 12.6. The highest BCUT2D eigenvalue weighted by molar-refractivity contribution is 5.87. The highest BCUT2D eigenvalue weighted by Gasteiger charge is 2.30. The molecule has 2 heterocycles. The summed E-state index contributed by atoms with van der Waals surface area (Å²) >= 11 is 0. The lowest BCUT2D eigenvalue weighted by atomic mass is 10.1. The van der Waals surface area contributed by atoms with Gasteiger partial charge in [0.25, 0.3) is 0 Å². The largest absolute Gasteiger partial charge is 0.416 e. The SMILES string of the molecule is Cc1cc(-n2cccn2)ccc1-n1ccc(=O)c(/C(=C/C=N)Nc2cccc(C(F)(F)F)c2)n1. The average Bonchev–Trinajstić information content (AvgIpc) is 3.34. The Labute approximate surface area is 192 Å². The highest BCUT2D eigenvalue weighted by atomic mass is 19.4. The first-order valence-electron chi connectivity index (χ1n) is 10.1. The van der Waals surface area contributed by atoms with Crippen LogP contribution in [0.2, 0.25) is 0 Å². The molecule has 0 atom stereocenters. The van der Waals surface area contributed by atoms with E-state index in [0.717, 1.165) is 29.6 Å². The minimum absolute atomic E-state index is 0.0426. The van der Waals surface area contributed by atoms with E-state index in [-0.39, 0.29) is 17.1 Å². The number of rotatable bonds is 6. The van der Waals surface area contributed by atoms with Crippen molar-refractivity contribution in [3.8, 4) is 11.4 Å². The third-order valence-electron chi connectivity index (χ3n) is 4.98. The summed E-state index contributed by atoms with van der Waals surface area (Å²) < 4.78 is 42.5. The molecule has 2 aromatic heterocycles. The number of nitrogens with zero attached hydrogens (tertiary/aromatic N) is 4. The van der Waals surface area contributed by atoms with E-state index in [1.165, 1.54) is 35.2 Å². The normalized spacial score (nSPS) is 11.9. The number of hydrogen-bond acceptors (Lipinski definition) is 5. The first-order valence-corrected chi connectivity index (χ1v) is 10.1. The summed E-state index contributed by atoms with van der Waals surface area (Å²) in [6.07, 6.45) is 2.68. The van der Waals surface area contributed by atoms with Crippen LogP contribution in [0.5, 0.6) is 0 Å². The number of benzene rings is 2. The second-order valence-corrected chi connectivity index (χ2v) is 7.35. The molecule has 4 rings (SSSR count). The fourth-order valence-electron chi connectivity index (χ4n) is 3.38. The fourth-order valence-corrected chi connectivity index (χ4v) is 3.38. The predicted molar refractivity (Wildman–Crippen MR) is 124 cm³/mol. The summed E-state index contributed by atoms with van der Waals surface area (Å²) in [5.41, 5.74) is 1.29. The molecule has 10 heteroatoms. The van der Waals surface area contributed by atoms with Gasteiger partial charge in [-0.2, -0.15) is 23.4 Å². The van der Waals surface area contributed by atoms with Crippen LogP contribution in [0.4, 0.5) is 18.9 Å². The van der Waals surface area contributed by atoms with Gasteiger partial charge in [0, 0.05) is 36.6 Å². The van der Waals surface area contributed by atoms with E-state index < -0.39 is 17.2 Å². The first-order chi connectivity index (χ1) is 16.3. The molecule has 0 amide bonds. The van der Waals surface area contributed by atoms with E-state index in [4.69, 9.17) is 5.41 Å². The van der Waals surface area contributed by atoms with Gasteiger partial charge in [-0.05, 0) is 61.0 Å². The van der Waals surface area contributed by atoms with Crippen LogP contribution in [0.3, 0.4) is 0 Å². The van der Waals surface area contributed by atoms with Gasteiger partial charge in [-0.1, -0.05) is 6.07 Å². The molecular formula is C24H19F3N6O. The molecule has 0 aliphatic carbocycles. The van der Waals surface area contributed by atoms with Gasteiger partial charge in [0.2, 0.25) is 5.43 Å². The molecule has 0 fully saturated rings. The molecule has 2 N–H and O–H groups in total. The molecule has 0 bridgehead atoms. The second-order valence-electron chi connectivity index (χ2n) is 7.35. The molecule has 0 radical (unpaired) electrons. The molecule has 0 saturated carbocycles. The van der Waals surface area contributed by atoms with Crippen LogP contribution in [0.1, 0.15) is 16.8 Å². The zero-order valence-electron chi connectivity index (χ0n) is 17.9. The van der Waals surface area contributed by atoms with E-state index in [2.05, 4.69) is 15.5 Å². The minimum atomic E-state index is -4.51. The first kappa shape index (κ1) is 22.7. The van der Waals surface area contributed by atoms with Gasteiger partial charge < -0.3 is 10.7 Å². The van der Waals surface area contributed by atoms with Crippen molar-refractivity contribution in [1.82, 2.24) is 19.6 Å². The van der Waals surface area contributed by atoms with Crippen LogP contribution in [0, 0.1) is 12.3 Å². The molecule has 172 valence electrons. The monoisotopic (exact) mass is 464 g/mol. The molecular weight excluding hydrogens is 445 g/mol. The van der Waals surface area contributed by atoms with Crippen molar-refractivity contribution >= 4 is 17.6 Å². The lowest BCUT2D eigenvalue weighted by Crippen LogP contribution is -2.19. The van der Waals surface area contributed by atoms with Crippen molar-refractivity contribution in [2.45, 2.75) is 13.1 Å². The van der Waals surface area contributed by atoms with E-state index >= 15 is 0 Å². The van der Waals surface area contributed by atoms with E-state index in [0.29, 0.717) is 5.69 Å². The number of allylic oxidation sites excluding steroid dienone is 1. The van der Waals surface area contributed by atoms with Crippen LogP contribution in [0.15, 0.2) is 84.1 Å². The van der Waals surface area contributed by atoms with Crippen LogP contribution in [-0.2, 0) is 6.18 Å². The van der Waals surface area contributed by atoms with Gasteiger partial charge in [0.15, 0.2) is 5.69 Å². The van der Waals surface area contributed by atoms with E-state index in [9.17, 15) is 18.0 Å². The van der Waals surface area contributed by atoms with Crippen LogP contribution in [-0.4, -0.2) is 25.8 Å². The van der Waals surface area contributed by atoms with Gasteiger partial charge in [0.05, 0.1) is 22.6 Å². The number of aromatic nitrogens is 4. The van der Waals surface area contributed by atoms with E-state index in [1.807, 2.05) is 37.4 Å². The van der Waals surface area contributed by atoms with Crippen LogP contribution < -0.4 is 10.7 Å². The third kappa shape index (κ3) is 4.80. The molecule has 0 aliphatic rings. The molecule has 0 unspecified atom stereocenters.